The molecule has 4 aromatic rings. The number of rotatable bonds is 11. The van der Waals surface area contributed by atoms with Crippen LogP contribution in [0.5, 0.6) is 23.0 Å². The number of pyridine rings is 1. The number of hydrogen-bond donors (Lipinski definition) is 1. The summed E-state index contributed by atoms with van der Waals surface area (Å²) in [6, 6.07) is 16.7. The topological polar surface area (TPSA) is 105 Å². The van der Waals surface area contributed by atoms with Crippen molar-refractivity contribution in [2.75, 3.05) is 32.8 Å². The van der Waals surface area contributed by atoms with Crippen LogP contribution in [0.4, 0.5) is 5.69 Å². The molecule has 0 saturated heterocycles. The largest absolute Gasteiger partial charge is 0.494 e. The second-order valence-electron chi connectivity index (χ2n) is 8.52. The van der Waals surface area contributed by atoms with Crippen LogP contribution in [0.2, 0.25) is 0 Å². The fourth-order valence-corrected chi connectivity index (χ4v) is 4.19. The van der Waals surface area contributed by atoms with Crippen LogP contribution < -0.4 is 29.7 Å². The average molecular weight is 531 g/mol. The molecule has 0 aliphatic rings. The van der Waals surface area contributed by atoms with Crippen LogP contribution in [0.3, 0.4) is 0 Å². The van der Waals surface area contributed by atoms with E-state index in [-0.39, 0.29) is 23.4 Å². The Kier molecular flexibility index (Phi) is 8.50. The van der Waals surface area contributed by atoms with Gasteiger partial charge in [0.15, 0.2) is 17.3 Å². The van der Waals surface area contributed by atoms with Crippen LogP contribution >= 0.6 is 0 Å². The molecule has 0 spiro atoms. The summed E-state index contributed by atoms with van der Waals surface area (Å²) in [5, 5.41) is 3.06. The Bertz CT molecular complexity index is 1540. The van der Waals surface area contributed by atoms with E-state index in [1.807, 2.05) is 13.8 Å². The molecule has 202 valence electrons. The highest BCUT2D eigenvalue weighted by molar-refractivity contribution is 6.10. The highest BCUT2D eigenvalue weighted by atomic mass is 16.5. The lowest BCUT2D eigenvalue weighted by Crippen LogP contribution is -2.24. The monoisotopic (exact) mass is 530 g/mol. The number of fused-ring (bicyclic) bond motifs is 1. The number of carbonyl (C=O) groups excluding carboxylic acids is 2. The van der Waals surface area contributed by atoms with Crippen molar-refractivity contribution in [2.24, 2.45) is 0 Å². The van der Waals surface area contributed by atoms with Gasteiger partial charge in [0.1, 0.15) is 18.0 Å². The Morgan fingerprint density at radius 1 is 0.821 bits per heavy atom. The van der Waals surface area contributed by atoms with Crippen molar-refractivity contribution in [3.05, 3.63) is 88.2 Å². The van der Waals surface area contributed by atoms with E-state index in [1.54, 1.807) is 59.2 Å². The van der Waals surface area contributed by atoms with Crippen LogP contribution in [0.25, 0.3) is 10.9 Å². The molecule has 4 rings (SSSR count). The van der Waals surface area contributed by atoms with Crippen molar-refractivity contribution in [3.8, 4) is 23.0 Å². The van der Waals surface area contributed by atoms with Crippen molar-refractivity contribution >= 4 is 28.3 Å². The maximum atomic E-state index is 13.5. The van der Waals surface area contributed by atoms with Crippen LogP contribution in [0.15, 0.2) is 71.7 Å². The third kappa shape index (κ3) is 6.04. The molecule has 1 N–H and O–H groups in total. The number of ketones is 1. The number of anilines is 1. The van der Waals surface area contributed by atoms with Gasteiger partial charge in [-0.1, -0.05) is 0 Å². The molecule has 9 heteroatoms. The summed E-state index contributed by atoms with van der Waals surface area (Å²) in [5.41, 5.74) is 0.767. The van der Waals surface area contributed by atoms with Crippen LogP contribution in [0, 0.1) is 0 Å². The molecule has 0 aliphatic heterocycles. The Hall–Kier alpha value is -4.79. The SMILES string of the molecule is CCOc1ccc(NC(=O)Cn2cc(C(=O)c3ccc(OCC)cc3)c(=O)c3cc(OC)c(OC)cc32)cc1. The number of nitrogens with zero attached hydrogens (tertiary/aromatic N) is 1. The molecule has 1 amide bonds. The van der Waals surface area contributed by atoms with E-state index in [9.17, 15) is 14.4 Å². The first-order valence-electron chi connectivity index (χ1n) is 12.5. The van der Waals surface area contributed by atoms with Gasteiger partial charge in [0.05, 0.1) is 43.9 Å². The fraction of sp³-hybridized carbons (Fsp3) is 0.233. The van der Waals surface area contributed by atoms with Crippen molar-refractivity contribution in [2.45, 2.75) is 20.4 Å². The second-order valence-corrected chi connectivity index (χ2v) is 8.52. The fourth-order valence-electron chi connectivity index (χ4n) is 4.19. The molecular formula is C30H30N2O7. The minimum Gasteiger partial charge on any atom is -0.494 e. The maximum absolute atomic E-state index is 13.5. The van der Waals surface area contributed by atoms with E-state index < -0.39 is 11.2 Å². The standard InChI is InChI=1S/C30H30N2O7/c1-5-38-21-11-7-19(8-12-21)29(34)24-17-32(18-28(33)31-20-9-13-22(14-10-20)39-6-2)25-16-27(37-4)26(36-3)15-23(25)30(24)35/h7-17H,5-6,18H2,1-4H3,(H,31,33). The third-order valence-electron chi connectivity index (χ3n) is 6.02. The van der Waals surface area contributed by atoms with E-state index in [0.29, 0.717) is 53.0 Å². The quantitative estimate of drug-likeness (QED) is 0.281. The Balaban J connectivity index is 1.75. The van der Waals surface area contributed by atoms with E-state index in [1.165, 1.54) is 26.5 Å². The first kappa shape index (κ1) is 27.3. The van der Waals surface area contributed by atoms with Gasteiger partial charge in [-0.05, 0) is 68.4 Å². The molecule has 3 aromatic carbocycles. The summed E-state index contributed by atoms with van der Waals surface area (Å²) < 4.78 is 23.3. The molecule has 0 atom stereocenters. The second kappa shape index (κ2) is 12.2. The summed E-state index contributed by atoms with van der Waals surface area (Å²) in [4.78, 5) is 40.0. The predicted molar refractivity (Wildman–Crippen MR) is 149 cm³/mol. The number of carbonyl (C=O) groups is 2. The van der Waals surface area contributed by atoms with Crippen molar-refractivity contribution in [1.29, 1.82) is 0 Å². The zero-order chi connectivity index (χ0) is 27.9. The molecule has 9 nitrogen and oxygen atoms in total. The molecule has 1 heterocycles. The Labute approximate surface area is 225 Å². The normalized spacial score (nSPS) is 10.7. The van der Waals surface area contributed by atoms with Gasteiger partial charge in [-0.15, -0.1) is 0 Å². The number of ether oxygens (including phenoxy) is 4. The number of aromatic nitrogens is 1. The van der Waals surface area contributed by atoms with Crippen LogP contribution in [-0.4, -0.2) is 43.7 Å². The molecule has 0 saturated carbocycles. The average Bonchev–Trinajstić information content (AvgIpc) is 2.95. The Morgan fingerprint density at radius 2 is 1.38 bits per heavy atom. The number of methoxy groups -OCH3 is 2. The van der Waals surface area contributed by atoms with Crippen molar-refractivity contribution in [1.82, 2.24) is 4.57 Å². The molecule has 39 heavy (non-hydrogen) atoms. The molecule has 0 fully saturated rings. The first-order chi connectivity index (χ1) is 18.9. The van der Waals surface area contributed by atoms with Gasteiger partial charge in [-0.25, -0.2) is 0 Å². The maximum Gasteiger partial charge on any atom is 0.244 e. The highest BCUT2D eigenvalue weighted by Gasteiger charge is 2.20. The summed E-state index contributed by atoms with van der Waals surface area (Å²) in [6.45, 7) is 4.63. The van der Waals surface area contributed by atoms with Crippen LogP contribution in [0.1, 0.15) is 29.8 Å². The number of benzene rings is 3. The van der Waals surface area contributed by atoms with Gasteiger partial charge >= 0.3 is 0 Å². The van der Waals surface area contributed by atoms with E-state index >= 15 is 0 Å². The smallest absolute Gasteiger partial charge is 0.244 e. The van der Waals surface area contributed by atoms with Gasteiger partial charge in [0.2, 0.25) is 11.3 Å². The van der Waals surface area contributed by atoms with Crippen molar-refractivity contribution in [3.63, 3.8) is 0 Å². The zero-order valence-electron chi connectivity index (χ0n) is 22.3. The lowest BCUT2D eigenvalue weighted by atomic mass is 10.0. The van der Waals surface area contributed by atoms with Gasteiger partial charge < -0.3 is 28.8 Å². The molecule has 1 aromatic heterocycles. The highest BCUT2D eigenvalue weighted by Crippen LogP contribution is 2.31. The Morgan fingerprint density at radius 3 is 1.95 bits per heavy atom. The summed E-state index contributed by atoms with van der Waals surface area (Å²) in [7, 11) is 2.94. The van der Waals surface area contributed by atoms with Gasteiger partial charge in [-0.2, -0.15) is 0 Å². The molecule has 0 aliphatic carbocycles. The van der Waals surface area contributed by atoms with Gasteiger partial charge in [0.25, 0.3) is 0 Å². The summed E-state index contributed by atoms with van der Waals surface area (Å²) in [5.74, 6) is 1.21. The van der Waals surface area contributed by atoms with Gasteiger partial charge in [0, 0.05) is 23.5 Å². The van der Waals surface area contributed by atoms with E-state index in [2.05, 4.69) is 5.32 Å². The minimum absolute atomic E-state index is 0.0762. The molecule has 0 bridgehead atoms. The number of nitrogens with one attached hydrogen (secondary N) is 1. The van der Waals surface area contributed by atoms with Crippen molar-refractivity contribution < 1.29 is 28.5 Å². The van der Waals surface area contributed by atoms with E-state index in [0.717, 1.165) is 0 Å². The third-order valence-corrected chi connectivity index (χ3v) is 6.02. The zero-order valence-corrected chi connectivity index (χ0v) is 22.3. The minimum atomic E-state index is -0.479. The summed E-state index contributed by atoms with van der Waals surface area (Å²) >= 11 is 0. The van der Waals surface area contributed by atoms with Gasteiger partial charge in [-0.3, -0.25) is 14.4 Å². The lowest BCUT2D eigenvalue weighted by Gasteiger charge is -2.16. The first-order valence-corrected chi connectivity index (χ1v) is 12.5. The molecular weight excluding hydrogens is 500 g/mol. The summed E-state index contributed by atoms with van der Waals surface area (Å²) in [6.07, 6.45) is 1.41. The number of hydrogen-bond acceptors (Lipinski definition) is 7. The van der Waals surface area contributed by atoms with E-state index in [4.69, 9.17) is 18.9 Å². The predicted octanol–water partition coefficient (Wildman–Crippen LogP) is 4.69. The molecule has 0 unspecified atom stereocenters. The molecule has 0 radical (unpaired) electrons. The van der Waals surface area contributed by atoms with Crippen LogP contribution in [-0.2, 0) is 11.3 Å². The number of amides is 1. The lowest BCUT2D eigenvalue weighted by molar-refractivity contribution is -0.116.